The summed E-state index contributed by atoms with van der Waals surface area (Å²) in [7, 11) is 0. The molecule has 1 amide bonds. The highest BCUT2D eigenvalue weighted by molar-refractivity contribution is 6.31. The first-order valence-electron chi connectivity index (χ1n) is 7.76. The van der Waals surface area contributed by atoms with Crippen molar-refractivity contribution in [1.82, 2.24) is 0 Å². The van der Waals surface area contributed by atoms with E-state index in [0.717, 1.165) is 0 Å². The number of nitrogens with one attached hydrogen (secondary N) is 2. The van der Waals surface area contributed by atoms with Crippen molar-refractivity contribution in [3.8, 4) is 0 Å². The number of ether oxygens (including phenoxy) is 1. The van der Waals surface area contributed by atoms with Gasteiger partial charge in [0, 0.05) is 24.3 Å². The molecule has 0 unspecified atom stereocenters. The number of hydrogen-bond acceptors (Lipinski definition) is 4. The topological polar surface area (TPSA) is 67.4 Å². The Hall–Kier alpha value is -2.60. The molecule has 0 aromatic heterocycles. The van der Waals surface area contributed by atoms with Gasteiger partial charge in [-0.1, -0.05) is 23.7 Å². The minimum atomic E-state index is -0.545. The van der Waals surface area contributed by atoms with Crippen LogP contribution in [0.5, 0.6) is 0 Å². The zero-order chi connectivity index (χ0) is 18.2. The van der Waals surface area contributed by atoms with E-state index in [1.807, 2.05) is 0 Å². The fourth-order valence-electron chi connectivity index (χ4n) is 2.13. The summed E-state index contributed by atoms with van der Waals surface area (Å²) >= 11 is 5.67. The predicted molar refractivity (Wildman–Crippen MR) is 95.5 cm³/mol. The van der Waals surface area contributed by atoms with E-state index < -0.39 is 11.8 Å². The lowest BCUT2D eigenvalue weighted by Crippen LogP contribution is -2.17. The standard InChI is InChI=1S/C18H18ClFN2O3/c1-2-25-18(24)13-5-3-4-6-16(13)21-10-9-17(23)22-12-7-8-15(20)14(19)11-12/h3-8,11,21H,2,9-10H2,1H3,(H,22,23). The lowest BCUT2D eigenvalue weighted by atomic mass is 10.1. The van der Waals surface area contributed by atoms with Crippen molar-refractivity contribution >= 4 is 34.9 Å². The van der Waals surface area contributed by atoms with E-state index in [4.69, 9.17) is 16.3 Å². The average Bonchev–Trinajstić information content (AvgIpc) is 2.59. The van der Waals surface area contributed by atoms with Crippen LogP contribution in [0.2, 0.25) is 5.02 Å². The second-order valence-corrected chi connectivity index (χ2v) is 5.53. The van der Waals surface area contributed by atoms with Crippen molar-refractivity contribution in [2.75, 3.05) is 23.8 Å². The zero-order valence-electron chi connectivity index (χ0n) is 13.6. The van der Waals surface area contributed by atoms with Gasteiger partial charge in [0.05, 0.1) is 17.2 Å². The van der Waals surface area contributed by atoms with Crippen molar-refractivity contribution in [2.24, 2.45) is 0 Å². The van der Waals surface area contributed by atoms with E-state index in [0.29, 0.717) is 23.5 Å². The average molecular weight is 365 g/mol. The molecule has 132 valence electrons. The third kappa shape index (κ3) is 5.46. The van der Waals surface area contributed by atoms with Gasteiger partial charge in [0.2, 0.25) is 5.91 Å². The van der Waals surface area contributed by atoms with Gasteiger partial charge in [-0.15, -0.1) is 0 Å². The fraction of sp³-hybridized carbons (Fsp3) is 0.222. The lowest BCUT2D eigenvalue weighted by Gasteiger charge is -2.11. The van der Waals surface area contributed by atoms with E-state index in [9.17, 15) is 14.0 Å². The number of para-hydroxylation sites is 1. The highest BCUT2D eigenvalue weighted by Crippen LogP contribution is 2.20. The van der Waals surface area contributed by atoms with Crippen LogP contribution in [0, 0.1) is 5.82 Å². The van der Waals surface area contributed by atoms with Crippen molar-refractivity contribution in [3.05, 3.63) is 58.9 Å². The number of amides is 1. The third-order valence-corrected chi connectivity index (χ3v) is 3.58. The Morgan fingerprint density at radius 1 is 1.20 bits per heavy atom. The minimum absolute atomic E-state index is 0.0562. The molecule has 0 radical (unpaired) electrons. The zero-order valence-corrected chi connectivity index (χ0v) is 14.4. The number of carbonyl (C=O) groups is 2. The molecule has 0 aliphatic heterocycles. The van der Waals surface area contributed by atoms with Crippen LogP contribution in [0.1, 0.15) is 23.7 Å². The van der Waals surface area contributed by atoms with Crippen molar-refractivity contribution in [1.29, 1.82) is 0 Å². The van der Waals surface area contributed by atoms with E-state index in [1.54, 1.807) is 31.2 Å². The monoisotopic (exact) mass is 364 g/mol. The molecule has 2 rings (SSSR count). The Morgan fingerprint density at radius 2 is 1.96 bits per heavy atom. The van der Waals surface area contributed by atoms with Gasteiger partial charge < -0.3 is 15.4 Å². The van der Waals surface area contributed by atoms with Gasteiger partial charge in [-0.3, -0.25) is 4.79 Å². The van der Waals surface area contributed by atoms with Gasteiger partial charge in [-0.25, -0.2) is 9.18 Å². The summed E-state index contributed by atoms with van der Waals surface area (Å²) in [5, 5.41) is 5.62. The molecule has 0 bridgehead atoms. The molecule has 0 saturated carbocycles. The number of hydrogen-bond donors (Lipinski definition) is 2. The molecule has 0 heterocycles. The number of benzene rings is 2. The van der Waals surface area contributed by atoms with Crippen LogP contribution >= 0.6 is 11.6 Å². The van der Waals surface area contributed by atoms with Crippen LogP contribution < -0.4 is 10.6 Å². The predicted octanol–water partition coefficient (Wildman–Crippen LogP) is 4.10. The lowest BCUT2D eigenvalue weighted by molar-refractivity contribution is -0.115. The molecule has 2 aromatic rings. The van der Waals surface area contributed by atoms with Crippen LogP contribution in [0.3, 0.4) is 0 Å². The number of carbonyl (C=O) groups excluding carboxylic acids is 2. The molecule has 0 atom stereocenters. The molecule has 0 aliphatic rings. The Kier molecular flexibility index (Phi) is 6.77. The fourth-order valence-corrected chi connectivity index (χ4v) is 2.31. The molecular weight excluding hydrogens is 347 g/mol. The molecule has 2 N–H and O–H groups in total. The molecule has 0 saturated heterocycles. The van der Waals surface area contributed by atoms with Crippen molar-refractivity contribution in [2.45, 2.75) is 13.3 Å². The third-order valence-electron chi connectivity index (χ3n) is 3.29. The molecule has 2 aromatic carbocycles. The van der Waals surface area contributed by atoms with Crippen molar-refractivity contribution in [3.63, 3.8) is 0 Å². The van der Waals surface area contributed by atoms with E-state index in [1.165, 1.54) is 18.2 Å². The maximum Gasteiger partial charge on any atom is 0.340 e. The van der Waals surface area contributed by atoms with E-state index >= 15 is 0 Å². The second kappa shape index (κ2) is 9.03. The Labute approximate surface area is 150 Å². The maximum absolute atomic E-state index is 13.1. The number of rotatable bonds is 7. The second-order valence-electron chi connectivity index (χ2n) is 5.12. The summed E-state index contributed by atoms with van der Waals surface area (Å²) in [5.41, 5.74) is 1.43. The summed E-state index contributed by atoms with van der Waals surface area (Å²) in [6.07, 6.45) is 0.159. The Morgan fingerprint density at radius 3 is 2.68 bits per heavy atom. The summed E-state index contributed by atoms with van der Waals surface area (Å²) in [6, 6.07) is 10.9. The molecular formula is C18H18ClFN2O3. The maximum atomic E-state index is 13.1. The number of halogens is 2. The smallest absolute Gasteiger partial charge is 0.340 e. The largest absolute Gasteiger partial charge is 0.462 e. The van der Waals surface area contributed by atoms with Gasteiger partial charge in [-0.2, -0.15) is 0 Å². The highest BCUT2D eigenvalue weighted by atomic mass is 35.5. The molecule has 5 nitrogen and oxygen atoms in total. The van der Waals surface area contributed by atoms with E-state index in [-0.39, 0.29) is 24.0 Å². The van der Waals surface area contributed by atoms with Gasteiger partial charge in [-0.05, 0) is 37.3 Å². The molecule has 0 spiro atoms. The van der Waals surface area contributed by atoms with Gasteiger partial charge in [0.1, 0.15) is 5.82 Å². The summed E-state index contributed by atoms with van der Waals surface area (Å²) in [4.78, 5) is 23.8. The number of esters is 1. The summed E-state index contributed by atoms with van der Waals surface area (Å²) < 4.78 is 18.1. The van der Waals surface area contributed by atoms with Gasteiger partial charge >= 0.3 is 5.97 Å². The van der Waals surface area contributed by atoms with Crippen LogP contribution in [0.15, 0.2) is 42.5 Å². The first-order chi connectivity index (χ1) is 12.0. The van der Waals surface area contributed by atoms with E-state index in [2.05, 4.69) is 10.6 Å². The molecule has 25 heavy (non-hydrogen) atoms. The summed E-state index contributed by atoms with van der Waals surface area (Å²) in [6.45, 7) is 2.34. The first kappa shape index (κ1) is 18.7. The van der Waals surface area contributed by atoms with Crippen LogP contribution in [0.4, 0.5) is 15.8 Å². The number of anilines is 2. The molecule has 7 heteroatoms. The Balaban J connectivity index is 1.89. The van der Waals surface area contributed by atoms with Gasteiger partial charge in [0.15, 0.2) is 0 Å². The first-order valence-corrected chi connectivity index (χ1v) is 8.14. The van der Waals surface area contributed by atoms with Gasteiger partial charge in [0.25, 0.3) is 0 Å². The quantitative estimate of drug-likeness (QED) is 0.726. The normalized spacial score (nSPS) is 10.2. The molecule has 0 fully saturated rings. The highest BCUT2D eigenvalue weighted by Gasteiger charge is 2.12. The van der Waals surface area contributed by atoms with Crippen molar-refractivity contribution < 1.29 is 18.7 Å². The Bertz CT molecular complexity index is 768. The van der Waals surface area contributed by atoms with Crippen LogP contribution in [-0.4, -0.2) is 25.0 Å². The SMILES string of the molecule is CCOC(=O)c1ccccc1NCCC(=O)Nc1ccc(F)c(Cl)c1. The minimum Gasteiger partial charge on any atom is -0.462 e. The molecule has 0 aliphatic carbocycles. The van der Waals surface area contributed by atoms with Crippen LogP contribution in [0.25, 0.3) is 0 Å². The summed E-state index contributed by atoms with van der Waals surface area (Å²) in [5.74, 6) is -1.23. The van der Waals surface area contributed by atoms with Crippen LogP contribution in [-0.2, 0) is 9.53 Å².